The van der Waals surface area contributed by atoms with Gasteiger partial charge >= 0.3 is 0 Å². The molecule has 0 aliphatic heterocycles. The molecule has 86 valence electrons. The molecule has 0 saturated carbocycles. The fourth-order valence-electron chi connectivity index (χ4n) is 1.33. The van der Waals surface area contributed by atoms with Gasteiger partial charge in [-0.15, -0.1) is 0 Å². The van der Waals surface area contributed by atoms with Crippen molar-refractivity contribution in [2.45, 2.75) is 19.4 Å². The molecule has 6 nitrogen and oxygen atoms in total. The topological polar surface area (TPSA) is 91.2 Å². The Hall–Kier alpha value is -2.11. The normalized spacial score (nSPS) is 13.9. The lowest BCUT2D eigenvalue weighted by Crippen LogP contribution is -2.41. The lowest BCUT2D eigenvalue weighted by molar-refractivity contribution is -0.605. The molecule has 0 aliphatic rings. The SMILES string of the molecule is CC(C)(/C(=N/O)c1ccccc1)/[N+]([O-])=N/O. The molecule has 0 unspecified atom stereocenters. The molecule has 0 fully saturated rings. The third-order valence-electron chi connectivity index (χ3n) is 2.29. The fraction of sp³-hybridized carbons (Fsp3) is 0.300. The summed E-state index contributed by atoms with van der Waals surface area (Å²) < 4.78 is 0. The number of rotatable bonds is 3. The molecule has 0 aromatic heterocycles. The van der Waals surface area contributed by atoms with Crippen LogP contribution in [0.1, 0.15) is 19.4 Å². The second-order valence-corrected chi connectivity index (χ2v) is 3.74. The first-order valence-electron chi connectivity index (χ1n) is 4.64. The Labute approximate surface area is 92.7 Å². The van der Waals surface area contributed by atoms with E-state index in [1.807, 2.05) is 0 Å². The number of hydroxylamine groups is 1. The Bertz CT molecular complexity index is 413. The average molecular weight is 223 g/mol. The minimum atomic E-state index is -1.26. The van der Waals surface area contributed by atoms with Gasteiger partial charge in [0, 0.05) is 19.4 Å². The molecule has 0 spiro atoms. The van der Waals surface area contributed by atoms with E-state index < -0.39 is 5.54 Å². The molecule has 16 heavy (non-hydrogen) atoms. The molecule has 0 bridgehead atoms. The summed E-state index contributed by atoms with van der Waals surface area (Å²) in [5, 5.41) is 34.4. The standard InChI is InChI=1S/C10H13N3O3/c1-10(2,13(16)12-15)9(11-14)8-6-4-3-5-7-8/h3-7,14-15H,1-2H3/b11-9+,13-12-. The number of nitrogens with zero attached hydrogens (tertiary/aromatic N) is 3. The van der Waals surface area contributed by atoms with E-state index in [4.69, 9.17) is 10.4 Å². The summed E-state index contributed by atoms with van der Waals surface area (Å²) >= 11 is 0. The summed E-state index contributed by atoms with van der Waals surface area (Å²) in [6.07, 6.45) is 0. The maximum Gasteiger partial charge on any atom is 0.242 e. The zero-order valence-corrected chi connectivity index (χ0v) is 9.03. The first kappa shape index (κ1) is 12.0. The highest BCUT2D eigenvalue weighted by atomic mass is 16.6. The predicted molar refractivity (Wildman–Crippen MR) is 56.7 cm³/mol. The van der Waals surface area contributed by atoms with E-state index in [1.165, 1.54) is 13.8 Å². The second kappa shape index (κ2) is 4.61. The van der Waals surface area contributed by atoms with Crippen LogP contribution in [0.3, 0.4) is 0 Å². The maximum absolute atomic E-state index is 11.3. The van der Waals surface area contributed by atoms with Crippen LogP contribution in [0.4, 0.5) is 0 Å². The first-order valence-corrected chi connectivity index (χ1v) is 4.64. The van der Waals surface area contributed by atoms with Crippen molar-refractivity contribution >= 4 is 5.71 Å². The van der Waals surface area contributed by atoms with Crippen LogP contribution in [0.25, 0.3) is 0 Å². The van der Waals surface area contributed by atoms with Crippen molar-refractivity contribution in [3.63, 3.8) is 0 Å². The van der Waals surface area contributed by atoms with Gasteiger partial charge in [-0.3, -0.25) is 0 Å². The largest absolute Gasteiger partial charge is 0.597 e. The monoisotopic (exact) mass is 223 g/mol. The van der Waals surface area contributed by atoms with E-state index in [-0.39, 0.29) is 10.6 Å². The van der Waals surface area contributed by atoms with Crippen molar-refractivity contribution in [2.75, 3.05) is 0 Å². The minimum absolute atomic E-state index is 0.0784. The highest BCUT2D eigenvalue weighted by molar-refractivity contribution is 6.05. The van der Waals surface area contributed by atoms with Gasteiger partial charge in [-0.25, -0.2) is 0 Å². The lowest BCUT2D eigenvalue weighted by atomic mass is 9.93. The van der Waals surface area contributed by atoms with Gasteiger partial charge in [-0.2, -0.15) is 0 Å². The minimum Gasteiger partial charge on any atom is -0.597 e. The van der Waals surface area contributed by atoms with Crippen LogP contribution in [-0.4, -0.2) is 26.5 Å². The van der Waals surface area contributed by atoms with Gasteiger partial charge in [-0.1, -0.05) is 35.5 Å². The molecular weight excluding hydrogens is 210 g/mol. The van der Waals surface area contributed by atoms with E-state index in [0.29, 0.717) is 5.56 Å². The summed E-state index contributed by atoms with van der Waals surface area (Å²) in [5.74, 6) is 0. The summed E-state index contributed by atoms with van der Waals surface area (Å²) in [7, 11) is 0. The molecule has 2 N–H and O–H groups in total. The van der Waals surface area contributed by atoms with Crippen LogP contribution in [-0.2, 0) is 0 Å². The Balaban J connectivity index is 3.20. The molecule has 0 radical (unpaired) electrons. The number of hydrogen-bond donors (Lipinski definition) is 2. The molecular formula is C10H13N3O3. The van der Waals surface area contributed by atoms with Crippen molar-refractivity contribution in [1.82, 2.24) is 0 Å². The van der Waals surface area contributed by atoms with Crippen molar-refractivity contribution in [2.24, 2.45) is 10.4 Å². The number of hydrogen-bond acceptors (Lipinski definition) is 4. The Kier molecular flexibility index (Phi) is 3.44. The van der Waals surface area contributed by atoms with Gasteiger partial charge in [0.2, 0.25) is 5.54 Å². The van der Waals surface area contributed by atoms with Crippen LogP contribution < -0.4 is 0 Å². The van der Waals surface area contributed by atoms with Crippen molar-refractivity contribution in [3.05, 3.63) is 41.1 Å². The fourth-order valence-corrected chi connectivity index (χ4v) is 1.33. The van der Waals surface area contributed by atoms with E-state index in [9.17, 15) is 5.21 Å². The molecule has 1 aromatic rings. The first-order chi connectivity index (χ1) is 7.54. The molecule has 0 atom stereocenters. The van der Waals surface area contributed by atoms with Crippen LogP contribution in [0.2, 0.25) is 0 Å². The molecule has 0 amide bonds. The van der Waals surface area contributed by atoms with E-state index in [0.717, 1.165) is 0 Å². The van der Waals surface area contributed by atoms with Crippen LogP contribution in [0.15, 0.2) is 40.8 Å². The molecule has 1 aromatic carbocycles. The smallest absolute Gasteiger partial charge is 0.242 e. The van der Waals surface area contributed by atoms with Gasteiger partial charge in [0.15, 0.2) is 11.0 Å². The Morgan fingerprint density at radius 2 is 1.81 bits per heavy atom. The van der Waals surface area contributed by atoms with Crippen molar-refractivity contribution in [1.29, 1.82) is 0 Å². The van der Waals surface area contributed by atoms with Gasteiger partial charge < -0.3 is 15.6 Å². The van der Waals surface area contributed by atoms with Crippen LogP contribution in [0.5, 0.6) is 0 Å². The summed E-state index contributed by atoms with van der Waals surface area (Å²) in [6, 6.07) is 8.70. The molecule has 1 rings (SSSR count). The van der Waals surface area contributed by atoms with Gasteiger partial charge in [-0.05, 0) is 4.86 Å². The second-order valence-electron chi connectivity index (χ2n) is 3.74. The van der Waals surface area contributed by atoms with Gasteiger partial charge in [0.05, 0.1) is 0 Å². The maximum atomic E-state index is 11.3. The van der Waals surface area contributed by atoms with Gasteiger partial charge in [0.1, 0.15) is 0 Å². The van der Waals surface area contributed by atoms with E-state index in [2.05, 4.69) is 10.4 Å². The average Bonchev–Trinajstić information content (AvgIpc) is 2.30. The van der Waals surface area contributed by atoms with Crippen LogP contribution >= 0.6 is 0 Å². The highest BCUT2D eigenvalue weighted by Crippen LogP contribution is 2.17. The van der Waals surface area contributed by atoms with Gasteiger partial charge in [0.25, 0.3) is 0 Å². The molecule has 6 heteroatoms. The van der Waals surface area contributed by atoms with E-state index in [1.54, 1.807) is 30.3 Å². The Morgan fingerprint density at radius 3 is 2.25 bits per heavy atom. The number of oxime groups is 1. The summed E-state index contributed by atoms with van der Waals surface area (Å²) in [6.45, 7) is 2.98. The third-order valence-corrected chi connectivity index (χ3v) is 2.29. The molecule has 0 aliphatic carbocycles. The van der Waals surface area contributed by atoms with Crippen molar-refractivity contribution < 1.29 is 15.3 Å². The zero-order valence-electron chi connectivity index (χ0n) is 9.03. The zero-order chi connectivity index (χ0) is 12.2. The summed E-state index contributed by atoms with van der Waals surface area (Å²) in [4.78, 5) is 0.0784. The quantitative estimate of drug-likeness (QED) is 0.270. The highest BCUT2D eigenvalue weighted by Gasteiger charge is 2.37. The molecule has 0 heterocycles. The lowest BCUT2D eigenvalue weighted by Gasteiger charge is -2.20. The molecule has 0 saturated heterocycles. The predicted octanol–water partition coefficient (Wildman–Crippen LogP) is 2.00. The van der Waals surface area contributed by atoms with Crippen LogP contribution in [0, 0.1) is 5.21 Å². The third kappa shape index (κ3) is 2.10. The number of benzene rings is 1. The van der Waals surface area contributed by atoms with E-state index >= 15 is 0 Å². The Morgan fingerprint density at radius 1 is 1.25 bits per heavy atom. The van der Waals surface area contributed by atoms with Crippen molar-refractivity contribution in [3.8, 4) is 0 Å². The summed E-state index contributed by atoms with van der Waals surface area (Å²) in [5.41, 5.74) is -0.550.